The molecular formula is C19H30N2O4. The van der Waals surface area contributed by atoms with E-state index >= 15 is 0 Å². The molecule has 3 atom stereocenters. The second-order valence-corrected chi connectivity index (χ2v) is 8.01. The van der Waals surface area contributed by atoms with Gasteiger partial charge in [0.1, 0.15) is 0 Å². The zero-order valence-electron chi connectivity index (χ0n) is 14.9. The van der Waals surface area contributed by atoms with Crippen molar-refractivity contribution in [2.45, 2.75) is 70.3 Å². The summed E-state index contributed by atoms with van der Waals surface area (Å²) in [5.74, 6) is -0.959. The summed E-state index contributed by atoms with van der Waals surface area (Å²) in [6.07, 6.45) is 9.04. The van der Waals surface area contributed by atoms with Crippen molar-refractivity contribution < 1.29 is 19.5 Å². The van der Waals surface area contributed by atoms with Crippen molar-refractivity contribution in [3.05, 3.63) is 0 Å². The van der Waals surface area contributed by atoms with Gasteiger partial charge in [-0.25, -0.2) is 0 Å². The minimum atomic E-state index is -0.789. The standard InChI is InChI=1S/C19H30N2O4/c22-17(14-7-4-8-15(11-14)19(24)25)20-16-9-10-21(12-16)18(23)13-5-2-1-3-6-13/h13-16H,1-12H2,(H,20,22)(H,24,25). The summed E-state index contributed by atoms with van der Waals surface area (Å²) in [7, 11) is 0. The van der Waals surface area contributed by atoms with Crippen LogP contribution >= 0.6 is 0 Å². The van der Waals surface area contributed by atoms with E-state index in [2.05, 4.69) is 5.32 Å². The van der Waals surface area contributed by atoms with Crippen LogP contribution in [0.4, 0.5) is 0 Å². The number of amides is 2. The lowest BCUT2D eigenvalue weighted by Gasteiger charge is -2.28. The van der Waals surface area contributed by atoms with Crippen molar-refractivity contribution in [1.29, 1.82) is 0 Å². The summed E-state index contributed by atoms with van der Waals surface area (Å²) >= 11 is 0. The number of hydrogen-bond acceptors (Lipinski definition) is 3. The fraction of sp³-hybridized carbons (Fsp3) is 0.842. The predicted molar refractivity (Wildman–Crippen MR) is 92.8 cm³/mol. The van der Waals surface area contributed by atoms with Gasteiger partial charge in [-0.2, -0.15) is 0 Å². The first-order chi connectivity index (χ1) is 12.0. The molecule has 3 aliphatic rings. The van der Waals surface area contributed by atoms with Crippen LogP contribution in [-0.4, -0.2) is 46.9 Å². The molecule has 0 bridgehead atoms. The lowest BCUT2D eigenvalue weighted by molar-refractivity contribution is -0.144. The highest BCUT2D eigenvalue weighted by Gasteiger charge is 2.35. The number of carbonyl (C=O) groups excluding carboxylic acids is 2. The Morgan fingerprint density at radius 1 is 0.840 bits per heavy atom. The number of rotatable bonds is 4. The molecule has 0 radical (unpaired) electrons. The van der Waals surface area contributed by atoms with E-state index in [-0.39, 0.29) is 29.7 Å². The van der Waals surface area contributed by atoms with Crippen LogP contribution in [0, 0.1) is 17.8 Å². The minimum absolute atomic E-state index is 0.0187. The van der Waals surface area contributed by atoms with E-state index in [1.165, 1.54) is 6.42 Å². The Hall–Kier alpha value is -1.59. The molecule has 1 heterocycles. The summed E-state index contributed by atoms with van der Waals surface area (Å²) < 4.78 is 0. The highest BCUT2D eigenvalue weighted by atomic mass is 16.4. The third-order valence-electron chi connectivity index (χ3n) is 6.19. The summed E-state index contributed by atoms with van der Waals surface area (Å²) in [5, 5.41) is 12.2. The van der Waals surface area contributed by atoms with Crippen molar-refractivity contribution in [3.8, 4) is 0 Å². The molecule has 1 aliphatic heterocycles. The Morgan fingerprint density at radius 2 is 1.52 bits per heavy atom. The fourth-order valence-electron chi connectivity index (χ4n) is 4.66. The van der Waals surface area contributed by atoms with Crippen LogP contribution in [0.1, 0.15) is 64.2 Å². The minimum Gasteiger partial charge on any atom is -0.481 e. The van der Waals surface area contributed by atoms with Crippen molar-refractivity contribution in [2.24, 2.45) is 17.8 Å². The van der Waals surface area contributed by atoms with E-state index in [9.17, 15) is 14.4 Å². The number of aliphatic carboxylic acids is 1. The topological polar surface area (TPSA) is 86.7 Å². The molecular weight excluding hydrogens is 320 g/mol. The lowest BCUT2D eigenvalue weighted by Crippen LogP contribution is -2.43. The van der Waals surface area contributed by atoms with Gasteiger partial charge in [-0.3, -0.25) is 14.4 Å². The van der Waals surface area contributed by atoms with Gasteiger partial charge in [-0.05, 0) is 38.5 Å². The summed E-state index contributed by atoms with van der Waals surface area (Å²) in [5.41, 5.74) is 0. The Balaban J connectivity index is 1.46. The van der Waals surface area contributed by atoms with Gasteiger partial charge in [0.25, 0.3) is 0 Å². The molecule has 6 nitrogen and oxygen atoms in total. The highest BCUT2D eigenvalue weighted by molar-refractivity contribution is 5.81. The first-order valence-corrected chi connectivity index (χ1v) is 9.86. The van der Waals surface area contributed by atoms with Crippen LogP contribution in [0.5, 0.6) is 0 Å². The van der Waals surface area contributed by atoms with E-state index in [1.54, 1.807) is 0 Å². The molecule has 140 valence electrons. The lowest BCUT2D eigenvalue weighted by atomic mass is 9.81. The van der Waals surface area contributed by atoms with Crippen LogP contribution in [-0.2, 0) is 14.4 Å². The molecule has 25 heavy (non-hydrogen) atoms. The van der Waals surface area contributed by atoms with Crippen LogP contribution in [0.15, 0.2) is 0 Å². The fourth-order valence-corrected chi connectivity index (χ4v) is 4.66. The van der Waals surface area contributed by atoms with Gasteiger partial charge < -0.3 is 15.3 Å². The maximum atomic E-state index is 12.6. The van der Waals surface area contributed by atoms with Crippen LogP contribution < -0.4 is 5.32 Å². The van der Waals surface area contributed by atoms with Crippen molar-refractivity contribution >= 4 is 17.8 Å². The molecule has 6 heteroatoms. The van der Waals surface area contributed by atoms with Gasteiger partial charge in [-0.15, -0.1) is 0 Å². The van der Waals surface area contributed by atoms with Gasteiger partial charge in [-0.1, -0.05) is 25.7 Å². The van der Waals surface area contributed by atoms with Crippen LogP contribution in [0.25, 0.3) is 0 Å². The summed E-state index contributed by atoms with van der Waals surface area (Å²) in [6.45, 7) is 1.33. The number of nitrogens with one attached hydrogen (secondary N) is 1. The van der Waals surface area contributed by atoms with Gasteiger partial charge in [0.15, 0.2) is 0 Å². The molecule has 1 saturated heterocycles. The normalized spacial score (nSPS) is 30.9. The zero-order chi connectivity index (χ0) is 17.8. The van der Waals surface area contributed by atoms with Crippen LogP contribution in [0.2, 0.25) is 0 Å². The molecule has 2 aliphatic carbocycles. The maximum absolute atomic E-state index is 12.6. The number of carboxylic acid groups (broad SMARTS) is 1. The third-order valence-corrected chi connectivity index (χ3v) is 6.19. The first-order valence-electron chi connectivity index (χ1n) is 9.86. The van der Waals surface area contributed by atoms with Crippen molar-refractivity contribution in [2.75, 3.05) is 13.1 Å². The Labute approximate surface area is 149 Å². The van der Waals surface area contributed by atoms with Gasteiger partial charge in [0.2, 0.25) is 11.8 Å². The smallest absolute Gasteiger partial charge is 0.306 e. The molecule has 0 aromatic carbocycles. The number of hydrogen-bond donors (Lipinski definition) is 2. The largest absolute Gasteiger partial charge is 0.481 e. The Kier molecular flexibility index (Phi) is 5.97. The molecule has 0 spiro atoms. The Morgan fingerprint density at radius 3 is 2.24 bits per heavy atom. The average Bonchev–Trinajstić information content (AvgIpc) is 3.10. The van der Waals surface area contributed by atoms with E-state index in [4.69, 9.17) is 5.11 Å². The van der Waals surface area contributed by atoms with Crippen LogP contribution in [0.3, 0.4) is 0 Å². The highest BCUT2D eigenvalue weighted by Crippen LogP contribution is 2.30. The van der Waals surface area contributed by atoms with Gasteiger partial charge in [0, 0.05) is 31.0 Å². The predicted octanol–water partition coefficient (Wildman–Crippen LogP) is 2.17. The number of nitrogens with zero attached hydrogens (tertiary/aromatic N) is 1. The average molecular weight is 350 g/mol. The van der Waals surface area contributed by atoms with E-state index < -0.39 is 11.9 Å². The molecule has 2 saturated carbocycles. The molecule has 0 aromatic heterocycles. The number of carboxylic acids is 1. The number of carbonyl (C=O) groups is 3. The monoisotopic (exact) mass is 350 g/mol. The molecule has 0 aromatic rings. The van der Waals surface area contributed by atoms with E-state index in [1.807, 2.05) is 4.90 Å². The van der Waals surface area contributed by atoms with Crippen molar-refractivity contribution in [3.63, 3.8) is 0 Å². The molecule has 2 amide bonds. The molecule has 3 unspecified atom stereocenters. The Bertz CT molecular complexity index is 516. The molecule has 3 fully saturated rings. The molecule has 2 N–H and O–H groups in total. The summed E-state index contributed by atoms with van der Waals surface area (Å²) in [6, 6.07) is 0.0187. The zero-order valence-corrected chi connectivity index (χ0v) is 14.9. The van der Waals surface area contributed by atoms with Crippen molar-refractivity contribution in [1.82, 2.24) is 10.2 Å². The van der Waals surface area contributed by atoms with Gasteiger partial charge >= 0.3 is 5.97 Å². The third kappa shape index (κ3) is 4.53. The maximum Gasteiger partial charge on any atom is 0.306 e. The van der Waals surface area contributed by atoms with E-state index in [0.717, 1.165) is 51.5 Å². The number of likely N-dealkylation sites (tertiary alicyclic amines) is 1. The first kappa shape index (κ1) is 18.2. The quantitative estimate of drug-likeness (QED) is 0.813. The summed E-state index contributed by atoms with van der Waals surface area (Å²) in [4.78, 5) is 38.2. The molecule has 3 rings (SSSR count). The van der Waals surface area contributed by atoms with E-state index in [0.29, 0.717) is 19.4 Å². The SMILES string of the molecule is O=C(O)C1CCCC(C(=O)NC2CCN(C(=O)C3CCCCC3)C2)C1. The second kappa shape index (κ2) is 8.19. The second-order valence-electron chi connectivity index (χ2n) is 8.01. The van der Waals surface area contributed by atoms with Gasteiger partial charge in [0.05, 0.1) is 5.92 Å².